The molecule has 21 heavy (non-hydrogen) atoms. The first-order chi connectivity index (χ1) is 9.88. The van der Waals surface area contributed by atoms with Crippen molar-refractivity contribution in [1.82, 2.24) is 15.1 Å². The molecule has 1 fully saturated rings. The van der Waals surface area contributed by atoms with Crippen molar-refractivity contribution in [3.8, 4) is 0 Å². The highest BCUT2D eigenvalue weighted by Crippen LogP contribution is 2.17. The highest BCUT2D eigenvalue weighted by molar-refractivity contribution is 6.30. The topological polar surface area (TPSA) is 69.7 Å². The van der Waals surface area contributed by atoms with Gasteiger partial charge in [-0.25, -0.2) is 4.79 Å². The van der Waals surface area contributed by atoms with Crippen LogP contribution in [0.4, 0.5) is 4.79 Å². The number of rotatable bonds is 4. The molecule has 0 radical (unpaired) electrons. The molecule has 1 aromatic rings. The van der Waals surface area contributed by atoms with E-state index in [1.165, 1.54) is 11.9 Å². The fourth-order valence-electron chi connectivity index (χ4n) is 2.11. The van der Waals surface area contributed by atoms with Crippen LogP contribution in [0.1, 0.15) is 18.5 Å². The molecule has 1 saturated heterocycles. The van der Waals surface area contributed by atoms with Crippen molar-refractivity contribution in [2.75, 3.05) is 20.1 Å². The van der Waals surface area contributed by atoms with Gasteiger partial charge in [-0.2, -0.15) is 0 Å². The number of hydrogen-bond donors (Lipinski definition) is 1. The molecule has 1 aliphatic heterocycles. The molecule has 7 heteroatoms. The number of nitrogens with one attached hydrogen (secondary N) is 1. The van der Waals surface area contributed by atoms with E-state index in [0.717, 1.165) is 10.5 Å². The van der Waals surface area contributed by atoms with Gasteiger partial charge >= 0.3 is 6.03 Å². The zero-order chi connectivity index (χ0) is 15.6. The Morgan fingerprint density at radius 3 is 2.71 bits per heavy atom. The summed E-state index contributed by atoms with van der Waals surface area (Å²) in [6.45, 7) is 1.55. The number of halogens is 1. The summed E-state index contributed by atoms with van der Waals surface area (Å²) in [6.07, 6.45) is 0. The molecule has 0 aromatic heterocycles. The monoisotopic (exact) mass is 309 g/mol. The van der Waals surface area contributed by atoms with Crippen molar-refractivity contribution >= 4 is 29.4 Å². The SMILES string of the molecule is C[C@H](NC(=O)CN1C(=O)CN(C)C1=O)c1cccc(Cl)c1. The molecule has 1 aromatic carbocycles. The maximum absolute atomic E-state index is 12.0. The Balaban J connectivity index is 1.96. The lowest BCUT2D eigenvalue weighted by molar-refractivity contribution is -0.131. The Morgan fingerprint density at radius 1 is 1.43 bits per heavy atom. The Hall–Kier alpha value is -2.08. The Bertz CT molecular complexity index is 591. The maximum atomic E-state index is 12.0. The molecule has 1 aliphatic rings. The van der Waals surface area contributed by atoms with E-state index < -0.39 is 6.03 Å². The summed E-state index contributed by atoms with van der Waals surface area (Å²) in [7, 11) is 1.52. The summed E-state index contributed by atoms with van der Waals surface area (Å²) in [5, 5.41) is 3.33. The average Bonchev–Trinajstić information content (AvgIpc) is 2.65. The van der Waals surface area contributed by atoms with Gasteiger partial charge in [0.15, 0.2) is 0 Å². The predicted molar refractivity (Wildman–Crippen MR) is 77.7 cm³/mol. The van der Waals surface area contributed by atoms with Gasteiger partial charge in [0.1, 0.15) is 13.1 Å². The highest BCUT2D eigenvalue weighted by Gasteiger charge is 2.34. The third-order valence-corrected chi connectivity index (χ3v) is 3.49. The van der Waals surface area contributed by atoms with Gasteiger partial charge < -0.3 is 10.2 Å². The Morgan fingerprint density at radius 2 is 2.14 bits per heavy atom. The van der Waals surface area contributed by atoms with Crippen LogP contribution in [0.25, 0.3) is 0 Å². The second-order valence-electron chi connectivity index (χ2n) is 4.96. The summed E-state index contributed by atoms with van der Waals surface area (Å²) in [5.74, 6) is -0.757. The minimum Gasteiger partial charge on any atom is -0.348 e. The minimum atomic E-state index is -0.453. The van der Waals surface area contributed by atoms with Crippen LogP contribution in [0.2, 0.25) is 5.02 Å². The molecule has 1 N–H and O–H groups in total. The third-order valence-electron chi connectivity index (χ3n) is 3.26. The van der Waals surface area contributed by atoms with Crippen molar-refractivity contribution in [2.45, 2.75) is 13.0 Å². The van der Waals surface area contributed by atoms with Gasteiger partial charge in [0.05, 0.1) is 6.04 Å². The van der Waals surface area contributed by atoms with Gasteiger partial charge in [-0.1, -0.05) is 23.7 Å². The van der Waals surface area contributed by atoms with Gasteiger partial charge in [-0.05, 0) is 24.6 Å². The molecule has 4 amide bonds. The van der Waals surface area contributed by atoms with Crippen LogP contribution in [-0.4, -0.2) is 47.8 Å². The van der Waals surface area contributed by atoms with Crippen molar-refractivity contribution in [3.63, 3.8) is 0 Å². The van der Waals surface area contributed by atoms with Crippen molar-refractivity contribution in [1.29, 1.82) is 0 Å². The second-order valence-corrected chi connectivity index (χ2v) is 5.40. The number of benzene rings is 1. The fourth-order valence-corrected chi connectivity index (χ4v) is 2.31. The van der Waals surface area contributed by atoms with Gasteiger partial charge in [-0.15, -0.1) is 0 Å². The van der Waals surface area contributed by atoms with Crippen molar-refractivity contribution < 1.29 is 14.4 Å². The normalized spacial score (nSPS) is 16.3. The van der Waals surface area contributed by atoms with E-state index in [4.69, 9.17) is 11.6 Å². The molecule has 1 heterocycles. The van der Waals surface area contributed by atoms with Crippen LogP contribution in [-0.2, 0) is 9.59 Å². The number of carbonyl (C=O) groups is 3. The van der Waals surface area contributed by atoms with E-state index in [2.05, 4.69) is 5.32 Å². The van der Waals surface area contributed by atoms with E-state index in [1.54, 1.807) is 18.2 Å². The number of hydrogen-bond acceptors (Lipinski definition) is 3. The van der Waals surface area contributed by atoms with Crippen LogP contribution < -0.4 is 5.32 Å². The first kappa shape index (κ1) is 15.3. The molecule has 0 aliphatic carbocycles. The third kappa shape index (κ3) is 3.52. The summed E-state index contributed by atoms with van der Waals surface area (Å²) >= 11 is 5.90. The van der Waals surface area contributed by atoms with E-state index in [0.29, 0.717) is 5.02 Å². The summed E-state index contributed by atoms with van der Waals surface area (Å²) in [4.78, 5) is 37.5. The molecule has 0 saturated carbocycles. The summed E-state index contributed by atoms with van der Waals surface area (Å²) < 4.78 is 0. The zero-order valence-corrected chi connectivity index (χ0v) is 12.6. The van der Waals surface area contributed by atoms with Gasteiger partial charge in [0.2, 0.25) is 5.91 Å². The molecular weight excluding hydrogens is 294 g/mol. The molecule has 1 atom stereocenters. The summed E-state index contributed by atoms with van der Waals surface area (Å²) in [6, 6.07) is 6.43. The van der Waals surface area contributed by atoms with Crippen molar-refractivity contribution in [3.05, 3.63) is 34.9 Å². The van der Waals surface area contributed by atoms with E-state index in [1.807, 2.05) is 13.0 Å². The molecule has 112 valence electrons. The number of amides is 4. The van der Waals surface area contributed by atoms with Crippen LogP contribution in [0.5, 0.6) is 0 Å². The smallest absolute Gasteiger partial charge is 0.327 e. The van der Waals surface area contributed by atoms with Gasteiger partial charge in [0.25, 0.3) is 5.91 Å². The quantitative estimate of drug-likeness (QED) is 0.855. The van der Waals surface area contributed by atoms with Gasteiger partial charge in [-0.3, -0.25) is 14.5 Å². The molecule has 0 unspecified atom stereocenters. The lowest BCUT2D eigenvalue weighted by Gasteiger charge is -2.18. The first-order valence-corrected chi connectivity index (χ1v) is 6.86. The van der Waals surface area contributed by atoms with Crippen LogP contribution >= 0.6 is 11.6 Å². The second kappa shape index (κ2) is 6.13. The largest absolute Gasteiger partial charge is 0.348 e. The van der Waals surface area contributed by atoms with E-state index in [9.17, 15) is 14.4 Å². The number of likely N-dealkylation sites (N-methyl/N-ethyl adjacent to an activating group) is 1. The number of imide groups is 1. The molecule has 6 nitrogen and oxygen atoms in total. The van der Waals surface area contributed by atoms with Gasteiger partial charge in [0, 0.05) is 12.1 Å². The number of nitrogens with zero attached hydrogens (tertiary/aromatic N) is 2. The lowest BCUT2D eigenvalue weighted by atomic mass is 10.1. The molecule has 0 bridgehead atoms. The van der Waals surface area contributed by atoms with Crippen LogP contribution in [0.15, 0.2) is 24.3 Å². The first-order valence-electron chi connectivity index (χ1n) is 6.49. The standard InChI is InChI=1S/C14H16ClN3O3/c1-9(10-4-3-5-11(15)6-10)16-12(19)7-18-13(20)8-17(2)14(18)21/h3-6,9H,7-8H2,1-2H3,(H,16,19)/t9-/m0/s1. The Kier molecular flexibility index (Phi) is 4.47. The number of carbonyl (C=O) groups excluding carboxylic acids is 3. The van der Waals surface area contributed by atoms with Crippen LogP contribution in [0.3, 0.4) is 0 Å². The fraction of sp³-hybridized carbons (Fsp3) is 0.357. The molecular formula is C14H16ClN3O3. The van der Waals surface area contributed by atoms with Crippen molar-refractivity contribution in [2.24, 2.45) is 0 Å². The van der Waals surface area contributed by atoms with Crippen LogP contribution in [0, 0.1) is 0 Å². The zero-order valence-electron chi connectivity index (χ0n) is 11.8. The molecule has 0 spiro atoms. The summed E-state index contributed by atoms with van der Waals surface area (Å²) in [5.41, 5.74) is 0.854. The maximum Gasteiger partial charge on any atom is 0.327 e. The average molecular weight is 310 g/mol. The lowest BCUT2D eigenvalue weighted by Crippen LogP contribution is -2.41. The van der Waals surface area contributed by atoms with E-state index >= 15 is 0 Å². The van der Waals surface area contributed by atoms with E-state index in [-0.39, 0.29) is 30.9 Å². The Labute approximate surface area is 127 Å². The minimum absolute atomic E-state index is 0.00988. The predicted octanol–water partition coefficient (Wildman–Crippen LogP) is 1.41. The molecule has 2 rings (SSSR count). The highest BCUT2D eigenvalue weighted by atomic mass is 35.5. The number of urea groups is 1.